The maximum absolute atomic E-state index is 13.3. The molecule has 1 aliphatic rings. The molecule has 1 heterocycles. The lowest BCUT2D eigenvalue weighted by Crippen LogP contribution is -2.40. The van der Waals surface area contributed by atoms with Gasteiger partial charge in [-0.3, -0.25) is 0 Å². The van der Waals surface area contributed by atoms with E-state index in [2.05, 4.69) is 0 Å². The molecule has 0 saturated carbocycles. The van der Waals surface area contributed by atoms with E-state index >= 15 is 0 Å². The summed E-state index contributed by atoms with van der Waals surface area (Å²) >= 11 is 0. The molecule has 0 aliphatic carbocycles. The highest BCUT2D eigenvalue weighted by atomic mass is 19.4. The third-order valence-corrected chi connectivity index (χ3v) is 4.07. The van der Waals surface area contributed by atoms with E-state index in [-0.39, 0.29) is 16.9 Å². The van der Waals surface area contributed by atoms with Gasteiger partial charge in [0.15, 0.2) is 0 Å². The van der Waals surface area contributed by atoms with Gasteiger partial charge in [-0.25, -0.2) is 4.79 Å². The zero-order valence-electron chi connectivity index (χ0n) is 13.6. The number of halogens is 3. The minimum Gasteiger partial charge on any atom is -0.478 e. The van der Waals surface area contributed by atoms with E-state index in [9.17, 15) is 23.1 Å². The summed E-state index contributed by atoms with van der Waals surface area (Å²) in [6.07, 6.45) is -7.76. The Kier molecular flexibility index (Phi) is 4.50. The molecule has 4 nitrogen and oxygen atoms in total. The molecule has 136 valence electrons. The Morgan fingerprint density at radius 3 is 2.42 bits per heavy atom. The number of hydrogen-bond donors (Lipinski definition) is 2. The van der Waals surface area contributed by atoms with Crippen molar-refractivity contribution in [2.75, 3.05) is 0 Å². The molecule has 2 aromatic rings. The van der Waals surface area contributed by atoms with Crippen molar-refractivity contribution in [3.05, 3.63) is 70.3 Å². The normalized spacial score (nSPS) is 17.7. The lowest BCUT2D eigenvalue weighted by molar-refractivity contribution is -0.187. The van der Waals surface area contributed by atoms with Gasteiger partial charge in [-0.2, -0.15) is 13.2 Å². The molecule has 3 rings (SSSR count). The third kappa shape index (κ3) is 3.30. The first-order valence-corrected chi connectivity index (χ1v) is 7.74. The molecule has 2 unspecified atom stereocenters. The number of carboxylic acid groups (broad SMARTS) is 1. The van der Waals surface area contributed by atoms with Crippen LogP contribution >= 0.6 is 0 Å². The van der Waals surface area contributed by atoms with Gasteiger partial charge in [0.2, 0.25) is 6.10 Å². The molecule has 2 aromatic carbocycles. The number of rotatable bonds is 3. The van der Waals surface area contributed by atoms with Crippen LogP contribution in [0.2, 0.25) is 0 Å². The number of ether oxygens (including phenoxy) is 1. The van der Waals surface area contributed by atoms with Gasteiger partial charge in [0.1, 0.15) is 11.9 Å². The molecule has 0 saturated heterocycles. The van der Waals surface area contributed by atoms with Crippen molar-refractivity contribution >= 4 is 12.0 Å². The van der Waals surface area contributed by atoms with Crippen molar-refractivity contribution < 1.29 is 32.9 Å². The van der Waals surface area contributed by atoms with Crippen LogP contribution < -0.4 is 4.74 Å². The van der Waals surface area contributed by atoms with Gasteiger partial charge in [0, 0.05) is 11.1 Å². The molecule has 1 aliphatic heterocycles. The van der Waals surface area contributed by atoms with Gasteiger partial charge in [0.05, 0.1) is 5.57 Å². The molecule has 2 N–H and O–H groups in total. The highest BCUT2D eigenvalue weighted by Gasteiger charge is 2.49. The van der Waals surface area contributed by atoms with Crippen LogP contribution in [-0.4, -0.2) is 28.5 Å². The first-order chi connectivity index (χ1) is 12.2. The van der Waals surface area contributed by atoms with E-state index in [0.29, 0.717) is 11.1 Å². The van der Waals surface area contributed by atoms with Crippen molar-refractivity contribution in [2.24, 2.45) is 0 Å². The SMILES string of the molecule is Cc1cc2c(c(C(O)c3ccccc3)c1)OC(C(F)(F)F)C(C(=O)O)=C2. The number of carboxylic acids is 1. The molecule has 26 heavy (non-hydrogen) atoms. The first kappa shape index (κ1) is 18.0. The molecular weight excluding hydrogens is 349 g/mol. The monoisotopic (exact) mass is 364 g/mol. The number of alkyl halides is 3. The van der Waals surface area contributed by atoms with Gasteiger partial charge in [-0.1, -0.05) is 30.3 Å². The van der Waals surface area contributed by atoms with Crippen LogP contribution in [0.3, 0.4) is 0 Å². The lowest BCUT2D eigenvalue weighted by atomic mass is 9.92. The third-order valence-electron chi connectivity index (χ3n) is 4.07. The van der Waals surface area contributed by atoms with Crippen LogP contribution in [0.15, 0.2) is 48.0 Å². The molecular formula is C19H15F3O4. The Bertz CT molecular complexity index is 872. The van der Waals surface area contributed by atoms with Crippen molar-refractivity contribution in [3.63, 3.8) is 0 Å². The molecule has 0 aromatic heterocycles. The van der Waals surface area contributed by atoms with Gasteiger partial charge in [-0.15, -0.1) is 0 Å². The van der Waals surface area contributed by atoms with E-state index in [0.717, 1.165) is 6.08 Å². The fourth-order valence-corrected chi connectivity index (χ4v) is 2.93. The molecule has 0 spiro atoms. The minimum absolute atomic E-state index is 0.154. The molecule has 0 fully saturated rings. The van der Waals surface area contributed by atoms with Gasteiger partial charge < -0.3 is 14.9 Å². The summed E-state index contributed by atoms with van der Waals surface area (Å²) in [7, 11) is 0. The summed E-state index contributed by atoms with van der Waals surface area (Å²) < 4.78 is 44.9. The van der Waals surface area contributed by atoms with Gasteiger partial charge >= 0.3 is 12.1 Å². The molecule has 0 radical (unpaired) electrons. The van der Waals surface area contributed by atoms with Gasteiger partial charge in [0.25, 0.3) is 0 Å². The van der Waals surface area contributed by atoms with E-state index in [1.165, 1.54) is 12.1 Å². The Hall–Kier alpha value is -2.80. The van der Waals surface area contributed by atoms with Crippen molar-refractivity contribution in [2.45, 2.75) is 25.3 Å². The number of aliphatic hydroxyl groups is 1. The average Bonchev–Trinajstić information content (AvgIpc) is 2.59. The Labute approximate surface area is 147 Å². The lowest BCUT2D eigenvalue weighted by Gasteiger charge is -2.30. The smallest absolute Gasteiger partial charge is 0.430 e. The highest BCUT2D eigenvalue weighted by Crippen LogP contribution is 2.42. The molecule has 2 atom stereocenters. The predicted octanol–water partition coefficient (Wildman–Crippen LogP) is 3.87. The van der Waals surface area contributed by atoms with E-state index in [1.54, 1.807) is 37.3 Å². The van der Waals surface area contributed by atoms with Crippen LogP contribution in [0.4, 0.5) is 13.2 Å². The van der Waals surface area contributed by atoms with Crippen LogP contribution in [0.1, 0.15) is 28.4 Å². The number of benzene rings is 2. The van der Waals surface area contributed by atoms with Crippen LogP contribution in [-0.2, 0) is 4.79 Å². The van der Waals surface area contributed by atoms with Crippen LogP contribution in [0, 0.1) is 6.92 Å². The molecule has 7 heteroatoms. The predicted molar refractivity (Wildman–Crippen MR) is 87.8 cm³/mol. The van der Waals surface area contributed by atoms with E-state index in [1.807, 2.05) is 0 Å². The number of aliphatic carboxylic acids is 1. The number of aryl methyl sites for hydroxylation is 1. The topological polar surface area (TPSA) is 66.8 Å². The average molecular weight is 364 g/mol. The number of hydrogen-bond acceptors (Lipinski definition) is 3. The van der Waals surface area contributed by atoms with Crippen molar-refractivity contribution in [3.8, 4) is 5.75 Å². The maximum Gasteiger partial charge on any atom is 0.430 e. The van der Waals surface area contributed by atoms with Crippen molar-refractivity contribution in [1.82, 2.24) is 0 Å². The molecule has 0 amide bonds. The fourth-order valence-electron chi connectivity index (χ4n) is 2.93. The highest BCUT2D eigenvalue weighted by molar-refractivity contribution is 5.95. The van der Waals surface area contributed by atoms with Crippen molar-refractivity contribution in [1.29, 1.82) is 0 Å². The number of fused-ring (bicyclic) bond motifs is 1. The van der Waals surface area contributed by atoms with Crippen LogP contribution in [0.5, 0.6) is 5.75 Å². The second-order valence-corrected chi connectivity index (χ2v) is 6.03. The zero-order valence-corrected chi connectivity index (χ0v) is 13.6. The van der Waals surface area contributed by atoms with E-state index < -0.39 is 29.9 Å². The maximum atomic E-state index is 13.3. The summed E-state index contributed by atoms with van der Waals surface area (Å²) in [5.41, 5.74) is 0.592. The standard InChI is InChI=1S/C19H15F3O4/c1-10-7-12-9-14(18(24)25)17(19(20,21)22)26-16(12)13(8-10)15(23)11-5-3-2-4-6-11/h2-9,15,17,23H,1H3,(H,24,25). The Morgan fingerprint density at radius 2 is 1.85 bits per heavy atom. The number of carbonyl (C=O) groups is 1. The Morgan fingerprint density at radius 1 is 1.19 bits per heavy atom. The summed E-state index contributed by atoms with van der Waals surface area (Å²) in [6.45, 7) is 1.70. The quantitative estimate of drug-likeness (QED) is 0.868. The number of aliphatic hydroxyl groups excluding tert-OH is 1. The minimum atomic E-state index is -4.90. The van der Waals surface area contributed by atoms with Crippen LogP contribution in [0.25, 0.3) is 6.08 Å². The zero-order chi connectivity index (χ0) is 19.1. The summed E-state index contributed by atoms with van der Waals surface area (Å²) in [5, 5.41) is 19.8. The largest absolute Gasteiger partial charge is 0.478 e. The van der Waals surface area contributed by atoms with E-state index in [4.69, 9.17) is 9.84 Å². The first-order valence-electron chi connectivity index (χ1n) is 7.74. The molecule has 0 bridgehead atoms. The second-order valence-electron chi connectivity index (χ2n) is 6.03. The Balaban J connectivity index is 2.17. The van der Waals surface area contributed by atoms with Gasteiger partial charge in [-0.05, 0) is 36.3 Å². The summed E-state index contributed by atoms with van der Waals surface area (Å²) in [5.74, 6) is -1.87. The second kappa shape index (κ2) is 6.49. The summed E-state index contributed by atoms with van der Waals surface area (Å²) in [4.78, 5) is 11.2. The summed E-state index contributed by atoms with van der Waals surface area (Å²) in [6, 6.07) is 11.5. The fraction of sp³-hybridized carbons (Fsp3) is 0.211.